The highest BCUT2D eigenvalue weighted by Crippen LogP contribution is 2.41. The van der Waals surface area contributed by atoms with E-state index in [0.29, 0.717) is 32.5 Å². The summed E-state index contributed by atoms with van der Waals surface area (Å²) in [5.41, 5.74) is -0.00276. The molecule has 4 rings (SSSR count). The topological polar surface area (TPSA) is 76.2 Å². The number of carbonyl (C=O) groups excluding carboxylic acids is 1. The third-order valence-corrected chi connectivity index (χ3v) is 7.78. The molecule has 0 N–H and O–H groups in total. The molecule has 2 aliphatic heterocycles. The molecule has 0 bridgehead atoms. The van der Waals surface area contributed by atoms with E-state index < -0.39 is 21.8 Å². The molecule has 2 heterocycles. The van der Waals surface area contributed by atoms with Crippen molar-refractivity contribution in [3.63, 3.8) is 0 Å². The molecule has 30 heavy (non-hydrogen) atoms. The lowest BCUT2D eigenvalue weighted by atomic mass is 10.0. The van der Waals surface area contributed by atoms with E-state index >= 15 is 0 Å². The van der Waals surface area contributed by atoms with Crippen molar-refractivity contribution < 1.29 is 22.7 Å². The molecule has 160 valence electrons. The van der Waals surface area contributed by atoms with Crippen molar-refractivity contribution in [1.82, 2.24) is 9.21 Å². The summed E-state index contributed by atoms with van der Waals surface area (Å²) in [5.74, 6) is 0. The Morgan fingerprint density at radius 2 is 1.67 bits per heavy atom. The van der Waals surface area contributed by atoms with E-state index in [1.54, 1.807) is 35.2 Å². The maximum Gasteiger partial charge on any atom is 0.410 e. The average molecular weight is 431 g/mol. The Hall–Kier alpha value is -2.42. The number of benzene rings is 2. The molecule has 1 spiro atoms. The van der Waals surface area contributed by atoms with Crippen LogP contribution < -0.4 is 0 Å². The number of sulfonamides is 1. The van der Waals surface area contributed by atoms with Gasteiger partial charge < -0.3 is 14.4 Å². The smallest absolute Gasteiger partial charge is 0.410 e. The van der Waals surface area contributed by atoms with E-state index in [2.05, 4.69) is 0 Å². The van der Waals surface area contributed by atoms with Gasteiger partial charge in [0.1, 0.15) is 12.3 Å². The van der Waals surface area contributed by atoms with Crippen LogP contribution in [0.15, 0.2) is 65.6 Å². The number of likely N-dealkylation sites (tertiary alicyclic amines) is 1. The second kappa shape index (κ2) is 8.37. The Labute approximate surface area is 177 Å². The Kier molecular flexibility index (Phi) is 5.81. The molecule has 0 saturated carbocycles. The fourth-order valence-electron chi connectivity index (χ4n) is 4.18. The summed E-state index contributed by atoms with van der Waals surface area (Å²) in [5, 5.41) is 0. The van der Waals surface area contributed by atoms with Crippen molar-refractivity contribution >= 4 is 16.1 Å². The Balaban J connectivity index is 1.44. The lowest BCUT2D eigenvalue weighted by Gasteiger charge is -2.43. The van der Waals surface area contributed by atoms with Crippen molar-refractivity contribution in [1.29, 1.82) is 0 Å². The van der Waals surface area contributed by atoms with Gasteiger partial charge in [-0.3, -0.25) is 0 Å². The van der Waals surface area contributed by atoms with Crippen LogP contribution in [0.25, 0.3) is 0 Å². The lowest BCUT2D eigenvalue weighted by Crippen LogP contribution is -2.57. The van der Waals surface area contributed by atoms with Gasteiger partial charge in [-0.1, -0.05) is 48.5 Å². The van der Waals surface area contributed by atoms with Gasteiger partial charge in [0.15, 0.2) is 0 Å². The van der Waals surface area contributed by atoms with E-state index in [4.69, 9.17) is 9.47 Å². The summed E-state index contributed by atoms with van der Waals surface area (Å²) in [6.07, 6.45) is 0.422. The zero-order valence-electron chi connectivity index (χ0n) is 16.9. The Morgan fingerprint density at radius 3 is 2.30 bits per heavy atom. The van der Waals surface area contributed by atoms with E-state index in [1.807, 2.05) is 37.3 Å². The Morgan fingerprint density at radius 1 is 1.07 bits per heavy atom. The number of amides is 1. The van der Waals surface area contributed by atoms with Crippen LogP contribution in [0.3, 0.4) is 0 Å². The highest BCUT2D eigenvalue weighted by molar-refractivity contribution is 7.89. The fourth-order valence-corrected chi connectivity index (χ4v) is 6.12. The molecule has 1 unspecified atom stereocenters. The van der Waals surface area contributed by atoms with Crippen molar-refractivity contribution in [2.75, 3.05) is 19.7 Å². The van der Waals surface area contributed by atoms with Crippen LogP contribution in [0.5, 0.6) is 0 Å². The summed E-state index contributed by atoms with van der Waals surface area (Å²) < 4.78 is 39.6. The number of hydrogen-bond acceptors (Lipinski definition) is 5. The molecule has 2 aromatic carbocycles. The zero-order valence-corrected chi connectivity index (χ0v) is 17.8. The quantitative estimate of drug-likeness (QED) is 0.744. The minimum Gasteiger partial charge on any atom is -0.445 e. The predicted octanol–water partition coefficient (Wildman–Crippen LogP) is 3.22. The largest absolute Gasteiger partial charge is 0.445 e. The molecule has 1 atom stereocenters. The van der Waals surface area contributed by atoms with Crippen LogP contribution >= 0.6 is 0 Å². The lowest BCUT2D eigenvalue weighted by molar-refractivity contribution is -0.0888. The number of nitrogens with zero attached hydrogens (tertiary/aromatic N) is 2. The molecule has 8 heteroatoms. The van der Waals surface area contributed by atoms with Crippen LogP contribution in [0.2, 0.25) is 0 Å². The first-order valence-corrected chi connectivity index (χ1v) is 11.6. The summed E-state index contributed by atoms with van der Waals surface area (Å²) in [4.78, 5) is 14.3. The second-order valence-electron chi connectivity index (χ2n) is 7.75. The fraction of sp³-hybridized carbons (Fsp3) is 0.409. The molecule has 0 aliphatic carbocycles. The molecule has 1 amide bonds. The van der Waals surface area contributed by atoms with Crippen LogP contribution in [-0.4, -0.2) is 55.2 Å². The standard InChI is InChI=1S/C22H26N2O5S/c1-18-16-29-22(24(18)30(26,27)20-10-6-3-7-11-20)12-14-23(15-13-22)21(25)28-17-19-8-4-2-5-9-19/h2-11,18H,12-17H2,1H3. The summed E-state index contributed by atoms with van der Waals surface area (Å²) in [6.45, 7) is 3.16. The van der Waals surface area contributed by atoms with Gasteiger partial charge in [0.05, 0.1) is 11.5 Å². The average Bonchev–Trinajstić information content (AvgIpc) is 3.10. The summed E-state index contributed by atoms with van der Waals surface area (Å²) in [6, 6.07) is 17.7. The highest BCUT2D eigenvalue weighted by atomic mass is 32.2. The van der Waals surface area contributed by atoms with Gasteiger partial charge >= 0.3 is 6.09 Å². The number of hydrogen-bond donors (Lipinski definition) is 0. The van der Waals surface area contributed by atoms with Crippen LogP contribution in [0.1, 0.15) is 25.3 Å². The molecule has 0 aromatic heterocycles. The number of rotatable bonds is 4. The molecule has 2 aromatic rings. The minimum atomic E-state index is -3.71. The van der Waals surface area contributed by atoms with Gasteiger partial charge in [0.25, 0.3) is 0 Å². The third kappa shape index (κ3) is 3.95. The van der Waals surface area contributed by atoms with Crippen LogP contribution in [0.4, 0.5) is 4.79 Å². The first kappa shape index (κ1) is 20.8. The van der Waals surface area contributed by atoms with Crippen molar-refractivity contribution in [3.05, 3.63) is 66.2 Å². The molecule has 0 radical (unpaired) electrons. The third-order valence-electron chi connectivity index (χ3n) is 5.70. The molecule has 2 fully saturated rings. The van der Waals surface area contributed by atoms with Gasteiger partial charge in [-0.2, -0.15) is 4.31 Å². The molecule has 2 saturated heterocycles. The Bertz CT molecular complexity index is 973. The van der Waals surface area contributed by atoms with Gasteiger partial charge in [-0.15, -0.1) is 0 Å². The van der Waals surface area contributed by atoms with Gasteiger partial charge in [-0.05, 0) is 24.6 Å². The zero-order chi connectivity index (χ0) is 21.2. The predicted molar refractivity (Wildman–Crippen MR) is 111 cm³/mol. The van der Waals surface area contributed by atoms with Gasteiger partial charge in [0.2, 0.25) is 10.0 Å². The van der Waals surface area contributed by atoms with Gasteiger partial charge in [0, 0.05) is 32.0 Å². The minimum absolute atomic E-state index is 0.212. The monoisotopic (exact) mass is 430 g/mol. The first-order chi connectivity index (χ1) is 14.4. The summed E-state index contributed by atoms with van der Waals surface area (Å²) >= 11 is 0. The maximum atomic E-state index is 13.3. The first-order valence-electron chi connectivity index (χ1n) is 10.1. The van der Waals surface area contributed by atoms with E-state index in [-0.39, 0.29) is 17.5 Å². The van der Waals surface area contributed by atoms with Crippen LogP contribution in [-0.2, 0) is 26.1 Å². The number of piperidine rings is 1. The molecule has 7 nitrogen and oxygen atoms in total. The summed E-state index contributed by atoms with van der Waals surface area (Å²) in [7, 11) is -3.71. The van der Waals surface area contributed by atoms with Crippen molar-refractivity contribution in [2.45, 2.75) is 43.0 Å². The van der Waals surface area contributed by atoms with Gasteiger partial charge in [-0.25, -0.2) is 13.2 Å². The number of carbonyl (C=O) groups is 1. The van der Waals surface area contributed by atoms with Crippen LogP contribution in [0, 0.1) is 0 Å². The maximum absolute atomic E-state index is 13.3. The van der Waals surface area contributed by atoms with Crippen molar-refractivity contribution in [3.8, 4) is 0 Å². The van der Waals surface area contributed by atoms with E-state index in [0.717, 1.165) is 5.56 Å². The molecule has 2 aliphatic rings. The number of ether oxygens (including phenoxy) is 2. The van der Waals surface area contributed by atoms with E-state index in [1.165, 1.54) is 4.31 Å². The molecular weight excluding hydrogens is 404 g/mol. The molecular formula is C22H26N2O5S. The normalized spacial score (nSPS) is 21.6. The SMILES string of the molecule is CC1COC2(CCN(C(=O)OCc3ccccc3)CC2)N1S(=O)(=O)c1ccccc1. The second-order valence-corrected chi connectivity index (χ2v) is 9.56. The van der Waals surface area contributed by atoms with E-state index in [9.17, 15) is 13.2 Å². The van der Waals surface area contributed by atoms with Crippen molar-refractivity contribution in [2.24, 2.45) is 0 Å². The highest BCUT2D eigenvalue weighted by Gasteiger charge is 2.54.